The van der Waals surface area contributed by atoms with Crippen LogP contribution in [-0.4, -0.2) is 72.1 Å². The van der Waals surface area contributed by atoms with Gasteiger partial charge in [0, 0.05) is 0 Å². The van der Waals surface area contributed by atoms with Crippen molar-refractivity contribution in [3.05, 3.63) is 64.1 Å². The Labute approximate surface area is 182 Å². The Morgan fingerprint density at radius 1 is 1.12 bits per heavy atom. The number of aryl methyl sites for hydroxylation is 1. The van der Waals surface area contributed by atoms with Crippen LogP contribution in [0.4, 0.5) is 0 Å². The fraction of sp³-hybridized carbons (Fsp3) is 0.409. The number of aliphatic hydroxyl groups excluding tert-OH is 4. The van der Waals surface area contributed by atoms with E-state index in [1.165, 1.54) is 10.6 Å². The van der Waals surface area contributed by atoms with E-state index in [4.69, 9.17) is 9.47 Å². The Bertz CT molecular complexity index is 1140. The van der Waals surface area contributed by atoms with Crippen molar-refractivity contribution in [2.24, 2.45) is 0 Å². The van der Waals surface area contributed by atoms with Gasteiger partial charge in [-0.1, -0.05) is 37.3 Å². The van der Waals surface area contributed by atoms with Gasteiger partial charge in [0.25, 0.3) is 5.79 Å². The van der Waals surface area contributed by atoms with Crippen molar-refractivity contribution in [3.8, 4) is 5.75 Å². The number of nitrogens with one attached hydrogen (secondary N) is 1. The summed E-state index contributed by atoms with van der Waals surface area (Å²) >= 11 is 0. The molecule has 6 N–H and O–H groups in total. The van der Waals surface area contributed by atoms with Crippen LogP contribution in [0.2, 0.25) is 0 Å². The maximum atomic E-state index is 12.7. The van der Waals surface area contributed by atoms with E-state index in [-0.39, 0.29) is 12.3 Å². The quantitative estimate of drug-likeness (QED) is 0.275. The summed E-state index contributed by atoms with van der Waals surface area (Å²) in [7, 11) is 0. The van der Waals surface area contributed by atoms with E-state index in [0.29, 0.717) is 11.0 Å². The molecule has 0 saturated carbocycles. The second-order valence-corrected chi connectivity index (χ2v) is 7.84. The number of rotatable bonds is 6. The Morgan fingerprint density at radius 3 is 2.47 bits per heavy atom. The molecule has 1 saturated heterocycles. The Kier molecular flexibility index (Phi) is 6.08. The molecule has 0 amide bonds. The molecule has 2 aromatic carbocycles. The number of aromatic amines is 1. The predicted octanol–water partition coefficient (Wildman–Crippen LogP) is -0.561. The second kappa shape index (κ2) is 8.66. The molecule has 0 bridgehead atoms. The lowest BCUT2D eigenvalue weighted by molar-refractivity contribution is -0.385. The smallest absolute Gasteiger partial charge is 0.326 e. The number of ether oxygens (including phenoxy) is 2. The van der Waals surface area contributed by atoms with E-state index in [0.717, 1.165) is 17.5 Å². The summed E-state index contributed by atoms with van der Waals surface area (Å²) in [5.41, 5.74) is 2.32. The zero-order valence-corrected chi connectivity index (χ0v) is 17.4. The van der Waals surface area contributed by atoms with Crippen LogP contribution in [0.25, 0.3) is 11.0 Å². The Balaban J connectivity index is 1.73. The molecule has 1 aliphatic rings. The number of benzene rings is 2. The summed E-state index contributed by atoms with van der Waals surface area (Å²) in [6.45, 7) is 1.57. The normalized spacial score (nSPS) is 28.2. The van der Waals surface area contributed by atoms with Gasteiger partial charge in [-0.2, -0.15) is 0 Å². The first kappa shape index (κ1) is 22.5. The van der Waals surface area contributed by atoms with Crippen LogP contribution in [0.3, 0.4) is 0 Å². The predicted molar refractivity (Wildman–Crippen MR) is 113 cm³/mol. The van der Waals surface area contributed by atoms with Crippen molar-refractivity contribution in [3.63, 3.8) is 0 Å². The molecule has 0 unspecified atom stereocenters. The maximum absolute atomic E-state index is 12.7. The summed E-state index contributed by atoms with van der Waals surface area (Å²) < 4.78 is 12.0. The number of para-hydroxylation sites is 1. The second-order valence-electron chi connectivity index (χ2n) is 7.84. The Morgan fingerprint density at radius 2 is 1.81 bits per heavy atom. The standard InChI is InChI=1S/C22H26N2O8/c1-2-12-6-8-13(9-7-12)10-24-17-14(23-21(24)29)4-3-5-15(17)32-22(30)19(27)18(26)16(11-25)31-20(22)28/h3-9,16,18-20,25-28,30H,2,10-11H2,1H3,(H,23,29)/t16-,18-,19+,20+,22+/m1/s1. The number of nitrogens with zero attached hydrogens (tertiary/aromatic N) is 1. The largest absolute Gasteiger partial charge is 0.452 e. The Hall–Kier alpha value is -2.73. The monoisotopic (exact) mass is 446 g/mol. The highest BCUT2D eigenvalue weighted by atomic mass is 16.7. The fourth-order valence-electron chi connectivity index (χ4n) is 3.86. The first-order valence-electron chi connectivity index (χ1n) is 10.3. The molecular weight excluding hydrogens is 420 g/mol. The van der Waals surface area contributed by atoms with Crippen molar-refractivity contribution in [1.82, 2.24) is 9.55 Å². The molecule has 5 atom stereocenters. The molecule has 10 nitrogen and oxygen atoms in total. The first-order chi connectivity index (χ1) is 15.3. The number of H-pyrrole nitrogens is 1. The van der Waals surface area contributed by atoms with Crippen molar-refractivity contribution in [2.45, 2.75) is 50.3 Å². The lowest BCUT2D eigenvalue weighted by Gasteiger charge is -2.45. The highest BCUT2D eigenvalue weighted by Gasteiger charge is 2.57. The number of imidazole rings is 1. The highest BCUT2D eigenvalue weighted by Crippen LogP contribution is 2.34. The summed E-state index contributed by atoms with van der Waals surface area (Å²) in [6, 6.07) is 12.4. The number of hydrogen-bond acceptors (Lipinski definition) is 8. The lowest BCUT2D eigenvalue weighted by Crippen LogP contribution is -2.69. The molecule has 172 valence electrons. The van der Waals surface area contributed by atoms with E-state index in [2.05, 4.69) is 4.98 Å². The third-order valence-corrected chi connectivity index (χ3v) is 5.77. The molecule has 32 heavy (non-hydrogen) atoms. The van der Waals surface area contributed by atoms with Gasteiger partial charge in [0.2, 0.25) is 6.29 Å². The van der Waals surface area contributed by atoms with Gasteiger partial charge >= 0.3 is 5.69 Å². The van der Waals surface area contributed by atoms with E-state index in [1.807, 2.05) is 31.2 Å². The summed E-state index contributed by atoms with van der Waals surface area (Å²) in [5, 5.41) is 50.9. The molecule has 4 rings (SSSR count). The summed E-state index contributed by atoms with van der Waals surface area (Å²) in [6.07, 6.45) is -6.22. The average molecular weight is 446 g/mol. The van der Waals surface area contributed by atoms with E-state index >= 15 is 0 Å². The minimum atomic E-state index is -2.75. The molecule has 0 aliphatic carbocycles. The molecule has 10 heteroatoms. The molecule has 1 aliphatic heterocycles. The average Bonchev–Trinajstić information content (AvgIpc) is 3.11. The number of aromatic nitrogens is 2. The molecule has 1 aromatic heterocycles. The zero-order valence-electron chi connectivity index (χ0n) is 17.4. The van der Waals surface area contributed by atoms with Crippen LogP contribution in [0, 0.1) is 0 Å². The van der Waals surface area contributed by atoms with Crippen LogP contribution in [0.5, 0.6) is 5.75 Å². The third-order valence-electron chi connectivity index (χ3n) is 5.77. The van der Waals surface area contributed by atoms with Crippen LogP contribution in [0.15, 0.2) is 47.3 Å². The number of hydrogen-bond donors (Lipinski definition) is 6. The minimum absolute atomic E-state index is 0.0233. The van der Waals surface area contributed by atoms with Gasteiger partial charge in [-0.05, 0) is 29.7 Å². The van der Waals surface area contributed by atoms with Crippen molar-refractivity contribution >= 4 is 11.0 Å². The number of aliphatic hydroxyl groups is 5. The fourth-order valence-corrected chi connectivity index (χ4v) is 3.86. The van der Waals surface area contributed by atoms with Gasteiger partial charge < -0.3 is 40.0 Å². The number of fused-ring (bicyclic) bond motifs is 1. The lowest BCUT2D eigenvalue weighted by atomic mass is 9.96. The van der Waals surface area contributed by atoms with Crippen molar-refractivity contribution < 1.29 is 35.0 Å². The van der Waals surface area contributed by atoms with Crippen molar-refractivity contribution in [1.29, 1.82) is 0 Å². The molecule has 0 radical (unpaired) electrons. The van der Waals surface area contributed by atoms with E-state index < -0.39 is 42.7 Å². The van der Waals surface area contributed by atoms with Gasteiger partial charge in [0.05, 0.1) is 18.7 Å². The molecule has 3 aromatic rings. The topological polar surface area (TPSA) is 157 Å². The van der Waals surface area contributed by atoms with Gasteiger partial charge in [-0.15, -0.1) is 0 Å². The van der Waals surface area contributed by atoms with Crippen LogP contribution in [-0.2, 0) is 17.7 Å². The first-order valence-corrected chi connectivity index (χ1v) is 10.3. The van der Waals surface area contributed by atoms with Crippen LogP contribution >= 0.6 is 0 Å². The third kappa shape index (κ3) is 3.81. The van der Waals surface area contributed by atoms with Gasteiger partial charge in [-0.3, -0.25) is 4.57 Å². The molecule has 1 fully saturated rings. The molecule has 0 spiro atoms. The maximum Gasteiger partial charge on any atom is 0.326 e. The highest BCUT2D eigenvalue weighted by molar-refractivity contribution is 5.82. The SMILES string of the molecule is CCc1ccc(Cn2c(=O)[nH]c3cccc(O[C@]4(O)[C@@H](O)O[C@H](CO)[C@@H](O)[C@@H]4O)c32)cc1. The van der Waals surface area contributed by atoms with Crippen molar-refractivity contribution in [2.75, 3.05) is 6.61 Å². The summed E-state index contributed by atoms with van der Waals surface area (Å²) in [5.74, 6) is -2.77. The summed E-state index contributed by atoms with van der Waals surface area (Å²) in [4.78, 5) is 15.4. The van der Waals surface area contributed by atoms with E-state index in [1.54, 1.807) is 12.1 Å². The van der Waals surface area contributed by atoms with Gasteiger partial charge in [0.1, 0.15) is 23.5 Å². The van der Waals surface area contributed by atoms with Gasteiger partial charge in [-0.25, -0.2) is 4.79 Å². The van der Waals surface area contributed by atoms with E-state index in [9.17, 15) is 30.3 Å². The molecular formula is C22H26N2O8. The molecule has 2 heterocycles. The van der Waals surface area contributed by atoms with Crippen LogP contribution < -0.4 is 10.4 Å². The van der Waals surface area contributed by atoms with Crippen LogP contribution in [0.1, 0.15) is 18.1 Å². The zero-order chi connectivity index (χ0) is 23.0. The minimum Gasteiger partial charge on any atom is -0.452 e. The van der Waals surface area contributed by atoms with Gasteiger partial charge in [0.15, 0.2) is 6.10 Å².